The second-order valence-electron chi connectivity index (χ2n) is 3.76. The lowest BCUT2D eigenvalue weighted by Gasteiger charge is -2.35. The van der Waals surface area contributed by atoms with Crippen LogP contribution in [0.25, 0.3) is 0 Å². The lowest BCUT2D eigenvalue weighted by molar-refractivity contribution is 0.176. The van der Waals surface area contributed by atoms with E-state index in [9.17, 15) is 15.5 Å². The first-order valence-electron chi connectivity index (χ1n) is 5.00. The zero-order chi connectivity index (χ0) is 11.9. The van der Waals surface area contributed by atoms with Crippen LogP contribution in [-0.4, -0.2) is 21.6 Å². The average molecular weight is 222 g/mol. The Labute approximate surface area is 93.4 Å². The average Bonchev–Trinajstić information content (AvgIpc) is 2.26. The maximum atomic E-state index is 9.96. The molecule has 2 rings (SSSR count). The van der Waals surface area contributed by atoms with Gasteiger partial charge in [0.15, 0.2) is 0 Å². The summed E-state index contributed by atoms with van der Waals surface area (Å²) in [5.74, 6) is 0. The second kappa shape index (κ2) is 3.79. The van der Waals surface area contributed by atoms with Crippen molar-refractivity contribution < 1.29 is 15.5 Å². The van der Waals surface area contributed by atoms with E-state index in [1.807, 2.05) is 0 Å². The third-order valence-electron chi connectivity index (χ3n) is 2.65. The van der Waals surface area contributed by atoms with Gasteiger partial charge in [-0.05, 0) is 26.0 Å². The summed E-state index contributed by atoms with van der Waals surface area (Å²) in [4.78, 5) is 0. The number of hydrogen-bond acceptors (Lipinski definition) is 5. The van der Waals surface area contributed by atoms with Crippen molar-refractivity contribution in [3.63, 3.8) is 0 Å². The highest BCUT2D eigenvalue weighted by Gasteiger charge is 2.29. The standard InChI is InChI=1S/C11H14N2O3/c1-7-11(8(2)14)13(16)10-6-4-3-5-9(10)12(7)15/h3-6,8,14-16H,1-2H3. The number of allylic oxidation sites excluding steroid dienone is 1. The summed E-state index contributed by atoms with van der Waals surface area (Å²) in [5.41, 5.74) is 1.58. The summed E-state index contributed by atoms with van der Waals surface area (Å²) >= 11 is 0. The van der Waals surface area contributed by atoms with Crippen molar-refractivity contribution in [2.24, 2.45) is 0 Å². The molecule has 86 valence electrons. The zero-order valence-electron chi connectivity index (χ0n) is 9.12. The summed E-state index contributed by atoms with van der Waals surface area (Å²) in [7, 11) is 0. The molecule has 0 saturated heterocycles. The highest BCUT2D eigenvalue weighted by molar-refractivity contribution is 5.76. The Morgan fingerprint density at radius 1 is 1.06 bits per heavy atom. The minimum Gasteiger partial charge on any atom is -0.387 e. The van der Waals surface area contributed by atoms with Gasteiger partial charge in [0.1, 0.15) is 0 Å². The Kier molecular flexibility index (Phi) is 2.59. The first-order chi connectivity index (χ1) is 7.54. The Bertz CT molecular complexity index is 443. The van der Waals surface area contributed by atoms with Gasteiger partial charge in [0.25, 0.3) is 0 Å². The molecule has 0 bridgehead atoms. The summed E-state index contributed by atoms with van der Waals surface area (Å²) in [5, 5.41) is 31.3. The van der Waals surface area contributed by atoms with Gasteiger partial charge in [-0.3, -0.25) is 10.4 Å². The van der Waals surface area contributed by atoms with Gasteiger partial charge in [-0.1, -0.05) is 12.1 Å². The van der Waals surface area contributed by atoms with Crippen LogP contribution in [0.5, 0.6) is 0 Å². The smallest absolute Gasteiger partial charge is 0.0966 e. The van der Waals surface area contributed by atoms with E-state index in [4.69, 9.17) is 0 Å². The van der Waals surface area contributed by atoms with Crippen LogP contribution in [0.15, 0.2) is 35.7 Å². The monoisotopic (exact) mass is 222 g/mol. The number of fused-ring (bicyclic) bond motifs is 1. The minimum atomic E-state index is -0.868. The number of nitrogens with zero attached hydrogens (tertiary/aromatic N) is 2. The van der Waals surface area contributed by atoms with E-state index in [1.54, 1.807) is 31.2 Å². The summed E-state index contributed by atoms with van der Waals surface area (Å²) < 4.78 is 0. The fourth-order valence-corrected chi connectivity index (χ4v) is 1.87. The maximum absolute atomic E-state index is 9.96. The fourth-order valence-electron chi connectivity index (χ4n) is 1.87. The Balaban J connectivity index is 2.58. The summed E-state index contributed by atoms with van der Waals surface area (Å²) in [6, 6.07) is 6.85. The lowest BCUT2D eigenvalue weighted by atomic mass is 10.1. The third-order valence-corrected chi connectivity index (χ3v) is 2.65. The number of anilines is 2. The summed E-state index contributed by atoms with van der Waals surface area (Å²) in [6.45, 7) is 3.16. The van der Waals surface area contributed by atoms with Crippen molar-refractivity contribution in [3.05, 3.63) is 35.7 Å². The number of aliphatic hydroxyl groups is 1. The normalized spacial score (nSPS) is 17.6. The van der Waals surface area contributed by atoms with Crippen molar-refractivity contribution >= 4 is 11.4 Å². The van der Waals surface area contributed by atoms with Gasteiger partial charge in [0.05, 0.1) is 28.9 Å². The molecular formula is C11H14N2O3. The minimum absolute atomic E-state index is 0.265. The molecule has 1 aromatic rings. The SMILES string of the molecule is CC1=C(C(C)O)N(O)c2ccccc2N1O. The molecule has 0 aromatic heterocycles. The molecule has 16 heavy (non-hydrogen) atoms. The van der Waals surface area contributed by atoms with Crippen LogP contribution in [-0.2, 0) is 0 Å². The maximum Gasteiger partial charge on any atom is 0.0966 e. The number of hydrogen-bond donors (Lipinski definition) is 3. The van der Waals surface area contributed by atoms with Crippen molar-refractivity contribution in [1.82, 2.24) is 0 Å². The molecule has 0 aliphatic carbocycles. The van der Waals surface area contributed by atoms with Gasteiger partial charge in [-0.15, -0.1) is 0 Å². The van der Waals surface area contributed by atoms with Gasteiger partial charge in [0.2, 0.25) is 0 Å². The Morgan fingerprint density at radius 2 is 1.56 bits per heavy atom. The van der Waals surface area contributed by atoms with E-state index in [-0.39, 0.29) is 5.70 Å². The number of para-hydroxylation sites is 2. The highest BCUT2D eigenvalue weighted by atomic mass is 16.5. The van der Waals surface area contributed by atoms with E-state index < -0.39 is 6.10 Å². The molecule has 3 N–H and O–H groups in total. The Morgan fingerprint density at radius 3 is 2.06 bits per heavy atom. The van der Waals surface area contributed by atoms with Crippen LogP contribution in [0, 0.1) is 0 Å². The van der Waals surface area contributed by atoms with Gasteiger partial charge in [0, 0.05) is 0 Å². The van der Waals surface area contributed by atoms with Crippen molar-refractivity contribution in [2.75, 3.05) is 10.1 Å². The third kappa shape index (κ3) is 1.46. The van der Waals surface area contributed by atoms with Gasteiger partial charge >= 0.3 is 0 Å². The second-order valence-corrected chi connectivity index (χ2v) is 3.76. The van der Waals surface area contributed by atoms with Crippen LogP contribution in [0.3, 0.4) is 0 Å². The van der Waals surface area contributed by atoms with Crippen LogP contribution >= 0.6 is 0 Å². The number of hydroxylamine groups is 2. The highest BCUT2D eigenvalue weighted by Crippen LogP contribution is 2.37. The Hall–Kier alpha value is -1.56. The van der Waals surface area contributed by atoms with Crippen LogP contribution in [0.1, 0.15) is 13.8 Å². The van der Waals surface area contributed by atoms with E-state index >= 15 is 0 Å². The molecule has 1 aliphatic rings. The molecule has 0 spiro atoms. The number of aliphatic hydroxyl groups excluding tert-OH is 1. The van der Waals surface area contributed by atoms with Crippen LogP contribution in [0.2, 0.25) is 0 Å². The van der Waals surface area contributed by atoms with Crippen molar-refractivity contribution in [1.29, 1.82) is 0 Å². The predicted molar refractivity (Wildman–Crippen MR) is 59.4 cm³/mol. The molecule has 0 fully saturated rings. The van der Waals surface area contributed by atoms with Gasteiger partial charge in [-0.25, -0.2) is 10.1 Å². The molecule has 1 aliphatic heterocycles. The quantitative estimate of drug-likeness (QED) is 0.675. The molecule has 1 heterocycles. The molecule has 5 heteroatoms. The van der Waals surface area contributed by atoms with E-state index in [2.05, 4.69) is 0 Å². The van der Waals surface area contributed by atoms with Crippen LogP contribution < -0.4 is 10.1 Å². The van der Waals surface area contributed by atoms with E-state index in [0.29, 0.717) is 17.1 Å². The molecule has 0 amide bonds. The summed E-state index contributed by atoms with van der Waals surface area (Å²) in [6.07, 6.45) is -0.868. The number of rotatable bonds is 1. The zero-order valence-corrected chi connectivity index (χ0v) is 9.12. The molecular weight excluding hydrogens is 208 g/mol. The predicted octanol–water partition coefficient (Wildman–Crippen LogP) is 1.70. The topological polar surface area (TPSA) is 67.2 Å². The van der Waals surface area contributed by atoms with E-state index in [1.165, 1.54) is 6.92 Å². The van der Waals surface area contributed by atoms with Gasteiger partial charge in [-0.2, -0.15) is 0 Å². The van der Waals surface area contributed by atoms with Gasteiger partial charge < -0.3 is 5.11 Å². The van der Waals surface area contributed by atoms with Crippen LogP contribution in [0.4, 0.5) is 11.4 Å². The first kappa shape index (κ1) is 10.9. The fraction of sp³-hybridized carbons (Fsp3) is 0.273. The molecule has 0 saturated carbocycles. The van der Waals surface area contributed by atoms with Crippen molar-refractivity contribution in [2.45, 2.75) is 20.0 Å². The molecule has 1 aromatic carbocycles. The van der Waals surface area contributed by atoms with Crippen molar-refractivity contribution in [3.8, 4) is 0 Å². The first-order valence-corrected chi connectivity index (χ1v) is 5.00. The molecule has 1 unspecified atom stereocenters. The molecule has 5 nitrogen and oxygen atoms in total. The molecule has 0 radical (unpaired) electrons. The van der Waals surface area contributed by atoms with E-state index in [0.717, 1.165) is 10.1 Å². The molecule has 1 atom stereocenters. The lowest BCUT2D eigenvalue weighted by Crippen LogP contribution is -2.36. The number of benzene rings is 1. The largest absolute Gasteiger partial charge is 0.387 e.